The fourth-order valence-electron chi connectivity index (χ4n) is 1.07. The molecule has 0 aromatic heterocycles. The first kappa shape index (κ1) is 14.8. The van der Waals surface area contributed by atoms with Crippen molar-refractivity contribution in [3.63, 3.8) is 0 Å². The number of azide groups is 1. The summed E-state index contributed by atoms with van der Waals surface area (Å²) in [6, 6.07) is 0. The van der Waals surface area contributed by atoms with Crippen molar-refractivity contribution in [1.29, 1.82) is 0 Å². The third-order valence-corrected chi connectivity index (χ3v) is 2.42. The van der Waals surface area contributed by atoms with Crippen molar-refractivity contribution in [3.8, 4) is 0 Å². The topological polar surface area (TPSA) is 58.0 Å². The minimum atomic E-state index is -1.53. The molecule has 5 heteroatoms. The predicted molar refractivity (Wildman–Crippen MR) is 70.6 cm³/mol. The fourth-order valence-corrected chi connectivity index (χ4v) is 1.93. The van der Waals surface area contributed by atoms with Gasteiger partial charge in [0.2, 0.25) is 8.32 Å². The zero-order valence-corrected chi connectivity index (χ0v) is 11.6. The summed E-state index contributed by atoms with van der Waals surface area (Å²) >= 11 is 0. The summed E-state index contributed by atoms with van der Waals surface area (Å²) in [6.07, 6.45) is 7.73. The van der Waals surface area contributed by atoms with Gasteiger partial charge in [0.1, 0.15) is 0 Å². The number of hydrogen-bond acceptors (Lipinski definition) is 2. The molecule has 16 heavy (non-hydrogen) atoms. The lowest BCUT2D eigenvalue weighted by Gasteiger charge is -2.19. The van der Waals surface area contributed by atoms with E-state index in [1.54, 1.807) is 0 Å². The van der Waals surface area contributed by atoms with E-state index in [9.17, 15) is 0 Å². The molecule has 0 aliphatic carbocycles. The van der Waals surface area contributed by atoms with Crippen LogP contribution in [0.15, 0.2) is 29.1 Å². The third kappa shape index (κ3) is 9.37. The molecule has 90 valence electrons. The van der Waals surface area contributed by atoms with Crippen LogP contribution in [0, 0.1) is 0 Å². The molecular weight excluding hydrogens is 218 g/mol. The van der Waals surface area contributed by atoms with Gasteiger partial charge in [0, 0.05) is 11.5 Å². The van der Waals surface area contributed by atoms with Crippen molar-refractivity contribution in [2.75, 3.05) is 6.54 Å². The summed E-state index contributed by atoms with van der Waals surface area (Å²) in [4.78, 5) is 2.70. The minimum Gasteiger partial charge on any atom is -0.545 e. The van der Waals surface area contributed by atoms with Gasteiger partial charge >= 0.3 is 0 Å². The van der Waals surface area contributed by atoms with Crippen LogP contribution in [0.4, 0.5) is 0 Å². The zero-order chi connectivity index (χ0) is 12.4. The van der Waals surface area contributed by atoms with E-state index in [1.165, 1.54) is 0 Å². The molecule has 0 unspecified atom stereocenters. The smallest absolute Gasteiger partial charge is 0.242 e. The molecule has 0 N–H and O–H groups in total. The van der Waals surface area contributed by atoms with Gasteiger partial charge in [-0.05, 0) is 50.2 Å². The van der Waals surface area contributed by atoms with Crippen molar-refractivity contribution in [1.82, 2.24) is 0 Å². The Morgan fingerprint density at radius 2 is 2.12 bits per heavy atom. The Bertz CT molecular complexity index is 299. The first-order valence-corrected chi connectivity index (χ1v) is 8.97. The van der Waals surface area contributed by atoms with Crippen LogP contribution in [0.1, 0.15) is 19.8 Å². The van der Waals surface area contributed by atoms with Crippen LogP contribution in [0.5, 0.6) is 0 Å². The van der Waals surface area contributed by atoms with Crippen LogP contribution in [0.25, 0.3) is 10.4 Å². The second-order valence-corrected chi connectivity index (χ2v) is 8.80. The third-order valence-electron chi connectivity index (χ3n) is 1.57. The summed E-state index contributed by atoms with van der Waals surface area (Å²) in [5.41, 5.74) is 8.12. The molecule has 0 aromatic rings. The van der Waals surface area contributed by atoms with Crippen molar-refractivity contribution in [2.24, 2.45) is 5.11 Å². The van der Waals surface area contributed by atoms with E-state index in [1.807, 2.05) is 12.2 Å². The Labute approximate surface area is 98.8 Å². The van der Waals surface area contributed by atoms with E-state index >= 15 is 0 Å². The van der Waals surface area contributed by atoms with E-state index in [-0.39, 0.29) is 0 Å². The highest BCUT2D eigenvalue weighted by molar-refractivity contribution is 6.70. The van der Waals surface area contributed by atoms with E-state index in [0.29, 0.717) is 6.54 Å². The van der Waals surface area contributed by atoms with E-state index in [4.69, 9.17) is 9.96 Å². The maximum atomic E-state index is 8.12. The van der Waals surface area contributed by atoms with Crippen LogP contribution < -0.4 is 0 Å². The first-order valence-electron chi connectivity index (χ1n) is 5.56. The second kappa shape index (κ2) is 8.02. The Morgan fingerprint density at radius 1 is 1.44 bits per heavy atom. The monoisotopic (exact) mass is 239 g/mol. The molecule has 0 spiro atoms. The zero-order valence-electron chi connectivity index (χ0n) is 10.6. The quantitative estimate of drug-likeness (QED) is 0.124. The summed E-state index contributed by atoms with van der Waals surface area (Å²) in [5.74, 6) is 0.933. The van der Waals surface area contributed by atoms with Gasteiger partial charge in [-0.1, -0.05) is 18.1 Å². The van der Waals surface area contributed by atoms with Crippen LogP contribution in [-0.2, 0) is 4.43 Å². The van der Waals surface area contributed by atoms with Crippen LogP contribution in [-0.4, -0.2) is 14.9 Å². The molecule has 0 bridgehead atoms. The van der Waals surface area contributed by atoms with Crippen molar-refractivity contribution < 1.29 is 4.43 Å². The normalized spacial score (nSPS) is 12.6. The molecule has 0 heterocycles. The summed E-state index contributed by atoms with van der Waals surface area (Å²) < 4.78 is 5.89. The predicted octanol–water partition coefficient (Wildman–Crippen LogP) is 4.39. The molecular formula is C11H21N3OSi. The van der Waals surface area contributed by atoms with Gasteiger partial charge in [0.05, 0.1) is 5.76 Å². The van der Waals surface area contributed by atoms with E-state index < -0.39 is 8.32 Å². The van der Waals surface area contributed by atoms with Gasteiger partial charge < -0.3 is 4.43 Å². The Balaban J connectivity index is 4.24. The standard InChI is InChI=1S/C11H21N3OSi/c1-5-8-11(15-16(2,3)4)9-6-7-10-13-14-12/h6,8-9H,5,7,10H2,1-4H3/b9-6+,11-8+. The van der Waals surface area contributed by atoms with E-state index in [2.05, 4.69) is 42.7 Å². The Kier molecular flexibility index (Phi) is 7.42. The summed E-state index contributed by atoms with van der Waals surface area (Å²) in [5, 5.41) is 3.47. The molecule has 0 saturated carbocycles. The fraction of sp³-hybridized carbons (Fsp3) is 0.636. The number of hydrogen-bond donors (Lipinski definition) is 0. The SMILES string of the molecule is CC/C=C(\C=C\CCN=[N+]=[N-])O[Si](C)(C)C. The molecule has 4 nitrogen and oxygen atoms in total. The van der Waals surface area contributed by atoms with Gasteiger partial charge in [0.25, 0.3) is 0 Å². The van der Waals surface area contributed by atoms with Crippen molar-refractivity contribution in [2.45, 2.75) is 39.4 Å². The Morgan fingerprint density at radius 3 is 2.62 bits per heavy atom. The minimum absolute atomic E-state index is 0.499. The average Bonchev–Trinajstić information content (AvgIpc) is 2.15. The molecule has 0 aromatic carbocycles. The number of rotatable bonds is 7. The average molecular weight is 239 g/mol. The molecule has 0 fully saturated rings. The summed E-state index contributed by atoms with van der Waals surface area (Å²) in [7, 11) is -1.53. The molecule has 0 rings (SSSR count). The van der Waals surface area contributed by atoms with Gasteiger partial charge in [-0.15, -0.1) is 0 Å². The highest BCUT2D eigenvalue weighted by Crippen LogP contribution is 2.12. The first-order chi connectivity index (χ1) is 7.49. The van der Waals surface area contributed by atoms with Gasteiger partial charge in [-0.3, -0.25) is 0 Å². The molecule has 0 aliphatic rings. The van der Waals surface area contributed by atoms with Gasteiger partial charge in [-0.2, -0.15) is 0 Å². The highest BCUT2D eigenvalue weighted by Gasteiger charge is 2.16. The molecule has 0 radical (unpaired) electrons. The van der Waals surface area contributed by atoms with Gasteiger partial charge in [-0.25, -0.2) is 0 Å². The van der Waals surface area contributed by atoms with Crippen LogP contribution in [0.2, 0.25) is 19.6 Å². The lowest BCUT2D eigenvalue weighted by atomic mass is 10.3. The van der Waals surface area contributed by atoms with Crippen molar-refractivity contribution >= 4 is 8.32 Å². The number of allylic oxidation sites excluding steroid dienone is 2. The summed E-state index contributed by atoms with van der Waals surface area (Å²) in [6.45, 7) is 9.06. The van der Waals surface area contributed by atoms with E-state index in [0.717, 1.165) is 18.6 Å². The highest BCUT2D eigenvalue weighted by atomic mass is 28.4. The van der Waals surface area contributed by atoms with Crippen LogP contribution in [0.3, 0.4) is 0 Å². The molecule has 0 saturated heterocycles. The molecule has 0 aliphatic heterocycles. The Hall–Kier alpha value is -1.19. The lowest BCUT2D eigenvalue weighted by molar-refractivity contribution is 0.439. The maximum Gasteiger partial charge on any atom is 0.242 e. The maximum absolute atomic E-state index is 8.12. The lowest BCUT2D eigenvalue weighted by Crippen LogP contribution is -2.24. The van der Waals surface area contributed by atoms with Crippen LogP contribution >= 0.6 is 0 Å². The molecule has 0 atom stereocenters. The number of nitrogens with zero attached hydrogens (tertiary/aromatic N) is 3. The second-order valence-electron chi connectivity index (χ2n) is 4.37. The van der Waals surface area contributed by atoms with Crippen molar-refractivity contribution in [3.05, 3.63) is 34.4 Å². The molecule has 0 amide bonds. The van der Waals surface area contributed by atoms with Gasteiger partial charge in [0.15, 0.2) is 0 Å². The largest absolute Gasteiger partial charge is 0.545 e.